The van der Waals surface area contributed by atoms with Crippen LogP contribution in [-0.4, -0.2) is 36.9 Å². The van der Waals surface area contributed by atoms with Crippen molar-refractivity contribution >= 4 is 40.5 Å². The Balaban J connectivity index is 2.60. The molecule has 0 spiro atoms. The molecule has 0 aromatic carbocycles. The van der Waals surface area contributed by atoms with Crippen molar-refractivity contribution in [3.8, 4) is 0 Å². The van der Waals surface area contributed by atoms with Crippen LogP contribution in [0.3, 0.4) is 0 Å². The molecule has 25 heavy (non-hydrogen) atoms. The minimum absolute atomic E-state index is 0.243. The first-order valence-corrected chi connectivity index (χ1v) is 8.87. The number of aromatic nitrogens is 4. The first-order chi connectivity index (χ1) is 11.8. The van der Waals surface area contributed by atoms with E-state index in [0.717, 1.165) is 11.8 Å². The van der Waals surface area contributed by atoms with Crippen LogP contribution in [0.25, 0.3) is 11.2 Å². The van der Waals surface area contributed by atoms with E-state index < -0.39 is 16.5 Å². The summed E-state index contributed by atoms with van der Waals surface area (Å²) in [6.07, 6.45) is 1.71. The Morgan fingerprint density at radius 1 is 1.48 bits per heavy atom. The number of aromatic amines is 1. The van der Waals surface area contributed by atoms with E-state index in [1.54, 1.807) is 31.4 Å². The number of imidazole rings is 1. The highest BCUT2D eigenvalue weighted by molar-refractivity contribution is 8.00. The van der Waals surface area contributed by atoms with Gasteiger partial charge < -0.3 is 9.30 Å². The van der Waals surface area contributed by atoms with Gasteiger partial charge in [-0.1, -0.05) is 29.4 Å². The Kier molecular flexibility index (Phi) is 6.12. The van der Waals surface area contributed by atoms with Gasteiger partial charge in [0.15, 0.2) is 16.3 Å². The number of H-pyrrole nitrogens is 1. The van der Waals surface area contributed by atoms with Crippen LogP contribution in [0.5, 0.6) is 0 Å². The molecule has 0 unspecified atom stereocenters. The molecule has 136 valence electrons. The summed E-state index contributed by atoms with van der Waals surface area (Å²) in [5.41, 5.74) is -0.606. The van der Waals surface area contributed by atoms with Crippen molar-refractivity contribution in [2.24, 2.45) is 7.05 Å². The number of ether oxygens (including phenoxy) is 1. The zero-order chi connectivity index (χ0) is 18.7. The summed E-state index contributed by atoms with van der Waals surface area (Å²) in [6, 6.07) is 0. The molecule has 0 bridgehead atoms. The number of nitrogens with zero attached hydrogens (tertiary/aromatic N) is 3. The maximum atomic E-state index is 12.3. The molecule has 0 aliphatic carbocycles. The second-order valence-corrected chi connectivity index (χ2v) is 7.20. The minimum atomic E-state index is -0.554. The van der Waals surface area contributed by atoms with Gasteiger partial charge in [0.1, 0.15) is 5.25 Å². The molecule has 0 radical (unpaired) electrons. The van der Waals surface area contributed by atoms with Gasteiger partial charge in [0.2, 0.25) is 0 Å². The predicted molar refractivity (Wildman–Crippen MR) is 97.2 cm³/mol. The largest absolute Gasteiger partial charge is 0.465 e. The standard InChI is InChI=1S/C15H19ClN4O4S/c1-5-24-13(22)9(3)25-15-17-11-10(20(15)7-6-8(2)16)12(21)18-14(23)19(11)4/h6,9H,5,7H2,1-4H3,(H,18,21,23)/b8-6-/t9-/m1/s1. The second-order valence-electron chi connectivity index (χ2n) is 5.30. The number of carbonyl (C=O) groups excluding carboxylic acids is 1. The van der Waals surface area contributed by atoms with Crippen LogP contribution in [0.1, 0.15) is 20.8 Å². The molecule has 0 saturated carbocycles. The SMILES string of the molecule is CCOC(=O)[C@@H](C)Sc1nc2c(c(=O)[nH]c(=O)n2C)n1C/C=C(/C)Cl. The number of hydrogen-bond donors (Lipinski definition) is 1. The van der Waals surface area contributed by atoms with E-state index in [9.17, 15) is 14.4 Å². The highest BCUT2D eigenvalue weighted by Crippen LogP contribution is 2.26. The zero-order valence-corrected chi connectivity index (χ0v) is 15.9. The number of halogens is 1. The Morgan fingerprint density at radius 3 is 2.76 bits per heavy atom. The fourth-order valence-electron chi connectivity index (χ4n) is 2.16. The quantitative estimate of drug-likeness (QED) is 0.598. The van der Waals surface area contributed by atoms with Gasteiger partial charge in [-0.3, -0.25) is 19.1 Å². The smallest absolute Gasteiger partial charge is 0.329 e. The molecule has 1 atom stereocenters. The van der Waals surface area contributed by atoms with E-state index in [1.165, 1.54) is 11.6 Å². The summed E-state index contributed by atoms with van der Waals surface area (Å²) >= 11 is 7.05. The van der Waals surface area contributed by atoms with Gasteiger partial charge in [0.25, 0.3) is 5.56 Å². The van der Waals surface area contributed by atoms with Gasteiger partial charge in [-0.15, -0.1) is 0 Å². The van der Waals surface area contributed by atoms with E-state index in [0.29, 0.717) is 10.2 Å². The average molecular weight is 387 g/mol. The number of carbonyl (C=O) groups is 1. The third-order valence-corrected chi connectivity index (χ3v) is 4.65. The maximum absolute atomic E-state index is 12.3. The van der Waals surface area contributed by atoms with Gasteiger partial charge in [-0.05, 0) is 20.8 Å². The third kappa shape index (κ3) is 4.16. The van der Waals surface area contributed by atoms with E-state index in [2.05, 4.69) is 9.97 Å². The molecular formula is C15H19ClN4O4S. The Bertz CT molecular complexity index is 939. The number of thioether (sulfide) groups is 1. The fourth-order valence-corrected chi connectivity index (χ4v) is 3.14. The molecule has 2 aromatic rings. The van der Waals surface area contributed by atoms with Gasteiger partial charge >= 0.3 is 11.7 Å². The molecule has 10 heteroatoms. The van der Waals surface area contributed by atoms with Crippen molar-refractivity contribution in [1.29, 1.82) is 0 Å². The van der Waals surface area contributed by atoms with Crippen molar-refractivity contribution in [1.82, 2.24) is 19.1 Å². The number of esters is 1. The van der Waals surface area contributed by atoms with E-state index in [1.807, 2.05) is 0 Å². The van der Waals surface area contributed by atoms with Crippen LogP contribution in [0.4, 0.5) is 0 Å². The number of fused-ring (bicyclic) bond motifs is 1. The van der Waals surface area contributed by atoms with Crippen LogP contribution >= 0.6 is 23.4 Å². The van der Waals surface area contributed by atoms with E-state index >= 15 is 0 Å². The predicted octanol–water partition coefficient (Wildman–Crippen LogP) is 1.61. The topological polar surface area (TPSA) is 99.0 Å². The molecule has 2 aromatic heterocycles. The Morgan fingerprint density at radius 2 is 2.16 bits per heavy atom. The lowest BCUT2D eigenvalue weighted by Crippen LogP contribution is -2.29. The summed E-state index contributed by atoms with van der Waals surface area (Å²) in [5, 5.41) is 0.460. The number of hydrogen-bond acceptors (Lipinski definition) is 6. The molecule has 8 nitrogen and oxygen atoms in total. The first kappa shape index (κ1) is 19.3. The van der Waals surface area contributed by atoms with Crippen LogP contribution in [-0.2, 0) is 23.1 Å². The van der Waals surface area contributed by atoms with Crippen LogP contribution in [0, 0.1) is 0 Å². The lowest BCUT2D eigenvalue weighted by Gasteiger charge is -2.11. The molecule has 0 fully saturated rings. The maximum Gasteiger partial charge on any atom is 0.329 e. The highest BCUT2D eigenvalue weighted by Gasteiger charge is 2.22. The number of rotatable bonds is 6. The summed E-state index contributed by atoms with van der Waals surface area (Å²) < 4.78 is 7.88. The van der Waals surface area contributed by atoms with Gasteiger partial charge in [0, 0.05) is 18.6 Å². The number of allylic oxidation sites excluding steroid dienone is 2. The molecule has 0 saturated heterocycles. The molecular weight excluding hydrogens is 368 g/mol. The lowest BCUT2D eigenvalue weighted by molar-refractivity contribution is -0.142. The lowest BCUT2D eigenvalue weighted by atomic mass is 10.4. The van der Waals surface area contributed by atoms with Gasteiger partial charge in [-0.25, -0.2) is 9.78 Å². The Hall–Kier alpha value is -2.00. The third-order valence-electron chi connectivity index (χ3n) is 3.43. The summed E-state index contributed by atoms with van der Waals surface area (Å²) in [5.74, 6) is -0.377. The van der Waals surface area contributed by atoms with Crippen molar-refractivity contribution in [3.63, 3.8) is 0 Å². The normalized spacial score (nSPS) is 13.2. The van der Waals surface area contributed by atoms with Crippen LogP contribution in [0.2, 0.25) is 0 Å². The molecule has 2 heterocycles. The molecule has 0 aliphatic rings. The Labute approximate surface area is 152 Å². The van der Waals surface area contributed by atoms with Gasteiger partial charge in [0.05, 0.1) is 6.61 Å². The monoisotopic (exact) mass is 386 g/mol. The van der Waals surface area contributed by atoms with Crippen molar-refractivity contribution in [3.05, 3.63) is 31.9 Å². The summed E-state index contributed by atoms with van der Waals surface area (Å²) in [7, 11) is 1.52. The second kappa shape index (κ2) is 7.92. The minimum Gasteiger partial charge on any atom is -0.465 e. The molecule has 0 aliphatic heterocycles. The number of nitrogens with one attached hydrogen (secondary N) is 1. The summed E-state index contributed by atoms with van der Waals surface area (Å²) in [6.45, 7) is 5.70. The highest BCUT2D eigenvalue weighted by atomic mass is 35.5. The fraction of sp³-hybridized carbons (Fsp3) is 0.467. The van der Waals surface area contributed by atoms with E-state index in [4.69, 9.17) is 16.3 Å². The van der Waals surface area contributed by atoms with Crippen LogP contribution in [0.15, 0.2) is 25.9 Å². The molecule has 2 rings (SSSR count). The van der Waals surface area contributed by atoms with Crippen molar-refractivity contribution in [2.75, 3.05) is 6.61 Å². The van der Waals surface area contributed by atoms with Gasteiger partial charge in [-0.2, -0.15) is 0 Å². The summed E-state index contributed by atoms with van der Waals surface area (Å²) in [4.78, 5) is 42.6. The average Bonchev–Trinajstić information content (AvgIpc) is 2.89. The van der Waals surface area contributed by atoms with Crippen molar-refractivity contribution < 1.29 is 9.53 Å². The van der Waals surface area contributed by atoms with E-state index in [-0.39, 0.29) is 30.3 Å². The zero-order valence-electron chi connectivity index (χ0n) is 14.3. The number of aryl methyl sites for hydroxylation is 1. The van der Waals surface area contributed by atoms with Crippen LogP contribution < -0.4 is 11.2 Å². The molecule has 0 amide bonds. The molecule has 1 N–H and O–H groups in total. The van der Waals surface area contributed by atoms with Crippen molar-refractivity contribution in [2.45, 2.75) is 37.7 Å². The first-order valence-electron chi connectivity index (χ1n) is 7.61.